The molecule has 0 aromatic heterocycles. The van der Waals surface area contributed by atoms with Crippen molar-refractivity contribution >= 4 is 11.6 Å². The molecule has 0 radical (unpaired) electrons. The van der Waals surface area contributed by atoms with E-state index in [-0.39, 0.29) is 16.3 Å². The van der Waals surface area contributed by atoms with E-state index in [0.29, 0.717) is 0 Å². The maximum Gasteiger partial charge on any atom is 0.139 e. The molecule has 0 aliphatic carbocycles. The topological polar surface area (TPSA) is 20.2 Å². The Morgan fingerprint density at radius 2 is 2.10 bits per heavy atom. The van der Waals surface area contributed by atoms with Gasteiger partial charge in [0.1, 0.15) is 11.6 Å². The van der Waals surface area contributed by atoms with Gasteiger partial charge in [0.15, 0.2) is 0 Å². The molecule has 1 N–H and O–H groups in total. The lowest BCUT2D eigenvalue weighted by atomic mass is 10.2. The second kappa shape index (κ2) is 2.46. The number of benzene rings is 1. The van der Waals surface area contributed by atoms with Gasteiger partial charge in [0.2, 0.25) is 0 Å². The third-order valence-corrected chi connectivity index (χ3v) is 1.62. The maximum absolute atomic E-state index is 12.5. The van der Waals surface area contributed by atoms with Gasteiger partial charge in [-0.25, -0.2) is 4.39 Å². The second-order valence-electron chi connectivity index (χ2n) is 2.00. The van der Waals surface area contributed by atoms with Crippen LogP contribution in [0, 0.1) is 12.7 Å². The van der Waals surface area contributed by atoms with E-state index >= 15 is 0 Å². The predicted octanol–water partition coefficient (Wildman–Crippen LogP) is 2.49. The second-order valence-corrected chi connectivity index (χ2v) is 2.41. The number of phenolic OH excluding ortho intramolecular Hbond substituents is 1. The summed E-state index contributed by atoms with van der Waals surface area (Å²) in [5, 5.41) is 9.19. The fourth-order valence-corrected chi connectivity index (χ4v) is 0.847. The Labute approximate surface area is 63.1 Å². The molecule has 1 rings (SSSR count). The molecular weight excluding hydrogens is 155 g/mol. The number of hydrogen-bond acceptors (Lipinski definition) is 1. The lowest BCUT2D eigenvalue weighted by Gasteiger charge is -2.00. The molecule has 0 aliphatic heterocycles. The molecule has 0 saturated carbocycles. The zero-order valence-electron chi connectivity index (χ0n) is 5.36. The summed E-state index contributed by atoms with van der Waals surface area (Å²) in [6.07, 6.45) is 0. The molecule has 0 unspecified atom stereocenters. The first-order valence-electron chi connectivity index (χ1n) is 2.76. The summed E-state index contributed by atoms with van der Waals surface area (Å²) in [6.45, 7) is 1.47. The van der Waals surface area contributed by atoms with Gasteiger partial charge in [-0.1, -0.05) is 11.6 Å². The van der Waals surface area contributed by atoms with Crippen LogP contribution in [0.3, 0.4) is 0 Å². The maximum atomic E-state index is 12.5. The average Bonchev–Trinajstić information content (AvgIpc) is 1.93. The highest BCUT2D eigenvalue weighted by molar-refractivity contribution is 6.32. The highest BCUT2D eigenvalue weighted by atomic mass is 35.5. The van der Waals surface area contributed by atoms with Crippen LogP contribution in [0.1, 0.15) is 5.56 Å². The predicted molar refractivity (Wildman–Crippen MR) is 37.8 cm³/mol. The van der Waals surface area contributed by atoms with Crippen molar-refractivity contribution < 1.29 is 9.50 Å². The molecule has 1 aromatic carbocycles. The molecule has 0 atom stereocenters. The molecule has 54 valence electrons. The summed E-state index contributed by atoms with van der Waals surface area (Å²) >= 11 is 5.47. The summed E-state index contributed by atoms with van der Waals surface area (Å²) in [5.41, 5.74) is 0.188. The number of halogens is 2. The number of phenols is 1. The highest BCUT2D eigenvalue weighted by Crippen LogP contribution is 2.27. The van der Waals surface area contributed by atoms with Gasteiger partial charge in [0.05, 0.1) is 5.02 Å². The quantitative estimate of drug-likeness (QED) is 0.618. The van der Waals surface area contributed by atoms with E-state index < -0.39 is 5.82 Å². The van der Waals surface area contributed by atoms with Crippen LogP contribution in [-0.2, 0) is 0 Å². The number of aromatic hydroxyl groups is 1. The average molecular weight is 161 g/mol. The van der Waals surface area contributed by atoms with Crippen LogP contribution in [0.15, 0.2) is 12.1 Å². The molecule has 0 saturated heterocycles. The summed E-state index contributed by atoms with van der Waals surface area (Å²) in [6, 6.07) is 2.54. The van der Waals surface area contributed by atoms with Crippen molar-refractivity contribution in [2.45, 2.75) is 6.92 Å². The van der Waals surface area contributed by atoms with Gasteiger partial charge in [0, 0.05) is 5.56 Å². The van der Waals surface area contributed by atoms with Gasteiger partial charge in [-0.3, -0.25) is 0 Å². The van der Waals surface area contributed by atoms with Crippen LogP contribution in [-0.4, -0.2) is 5.11 Å². The Morgan fingerprint density at radius 1 is 1.50 bits per heavy atom. The molecule has 0 fully saturated rings. The summed E-state index contributed by atoms with van der Waals surface area (Å²) < 4.78 is 12.5. The van der Waals surface area contributed by atoms with Crippen molar-refractivity contribution in [3.8, 4) is 5.75 Å². The normalized spacial score (nSPS) is 9.90. The Kier molecular flexibility index (Phi) is 1.81. The zero-order chi connectivity index (χ0) is 7.72. The van der Waals surface area contributed by atoms with Crippen molar-refractivity contribution in [2.75, 3.05) is 0 Å². The molecule has 3 heteroatoms. The standard InChI is InChI=1S/C7H6ClFO/c1-4-6(9)3-2-5(8)7(4)10/h2-3,10H,1H3. The third kappa shape index (κ3) is 1.07. The van der Waals surface area contributed by atoms with E-state index in [1.54, 1.807) is 0 Å². The summed E-state index contributed by atoms with van der Waals surface area (Å²) in [4.78, 5) is 0. The van der Waals surface area contributed by atoms with Crippen molar-refractivity contribution in [3.05, 3.63) is 28.5 Å². The van der Waals surface area contributed by atoms with Crippen LogP contribution >= 0.6 is 11.6 Å². The SMILES string of the molecule is Cc1c(F)ccc(Cl)c1O. The molecule has 10 heavy (non-hydrogen) atoms. The van der Waals surface area contributed by atoms with Gasteiger partial charge < -0.3 is 5.11 Å². The molecule has 0 amide bonds. The minimum atomic E-state index is -0.443. The van der Waals surface area contributed by atoms with Crippen LogP contribution in [0.25, 0.3) is 0 Å². The molecule has 0 heterocycles. The first kappa shape index (κ1) is 7.35. The molecule has 0 bridgehead atoms. The fraction of sp³-hybridized carbons (Fsp3) is 0.143. The van der Waals surface area contributed by atoms with E-state index in [9.17, 15) is 4.39 Å². The van der Waals surface area contributed by atoms with Gasteiger partial charge in [-0.05, 0) is 19.1 Å². The van der Waals surface area contributed by atoms with E-state index in [0.717, 1.165) is 0 Å². The van der Waals surface area contributed by atoms with Crippen molar-refractivity contribution in [3.63, 3.8) is 0 Å². The molecule has 0 spiro atoms. The van der Waals surface area contributed by atoms with Crippen molar-refractivity contribution in [1.82, 2.24) is 0 Å². The van der Waals surface area contributed by atoms with Gasteiger partial charge in [-0.15, -0.1) is 0 Å². The van der Waals surface area contributed by atoms with Crippen LogP contribution in [0.5, 0.6) is 5.75 Å². The minimum Gasteiger partial charge on any atom is -0.506 e. The zero-order valence-corrected chi connectivity index (χ0v) is 6.11. The molecular formula is C7H6ClFO. The lowest BCUT2D eigenvalue weighted by Crippen LogP contribution is -1.81. The molecule has 0 aliphatic rings. The van der Waals surface area contributed by atoms with Crippen molar-refractivity contribution in [2.24, 2.45) is 0 Å². The van der Waals surface area contributed by atoms with Crippen LogP contribution < -0.4 is 0 Å². The lowest BCUT2D eigenvalue weighted by molar-refractivity contribution is 0.463. The van der Waals surface area contributed by atoms with E-state index in [2.05, 4.69) is 0 Å². The van der Waals surface area contributed by atoms with Crippen LogP contribution in [0.2, 0.25) is 5.02 Å². The van der Waals surface area contributed by atoms with Gasteiger partial charge in [-0.2, -0.15) is 0 Å². The molecule has 1 aromatic rings. The van der Waals surface area contributed by atoms with Gasteiger partial charge >= 0.3 is 0 Å². The Morgan fingerprint density at radius 3 is 2.60 bits per heavy atom. The van der Waals surface area contributed by atoms with Gasteiger partial charge in [0.25, 0.3) is 0 Å². The van der Waals surface area contributed by atoms with E-state index in [1.807, 2.05) is 0 Å². The third-order valence-electron chi connectivity index (χ3n) is 1.32. The highest BCUT2D eigenvalue weighted by Gasteiger charge is 2.05. The Bertz CT molecular complexity index is 233. The van der Waals surface area contributed by atoms with E-state index in [4.69, 9.17) is 16.7 Å². The van der Waals surface area contributed by atoms with Crippen molar-refractivity contribution in [1.29, 1.82) is 0 Å². The van der Waals surface area contributed by atoms with E-state index in [1.165, 1.54) is 19.1 Å². The monoisotopic (exact) mass is 160 g/mol. The Balaban J connectivity index is 3.34. The molecule has 1 nitrogen and oxygen atoms in total. The smallest absolute Gasteiger partial charge is 0.139 e. The number of hydrogen-bond donors (Lipinski definition) is 1. The van der Waals surface area contributed by atoms with Crippen LogP contribution in [0.4, 0.5) is 4.39 Å². The summed E-state index contributed by atoms with van der Waals surface area (Å²) in [5.74, 6) is -0.622. The largest absolute Gasteiger partial charge is 0.506 e. The minimum absolute atomic E-state index is 0.179. The first-order valence-corrected chi connectivity index (χ1v) is 3.14. The fourth-order valence-electron chi connectivity index (χ4n) is 0.642. The Hall–Kier alpha value is -0.760. The number of rotatable bonds is 0. The first-order chi connectivity index (χ1) is 4.63. The summed E-state index contributed by atoms with van der Waals surface area (Å²) in [7, 11) is 0.